The Labute approximate surface area is 126 Å². The van der Waals surface area contributed by atoms with Crippen LogP contribution in [0.2, 0.25) is 0 Å². The highest BCUT2D eigenvalue weighted by atomic mass is 35.5. The lowest BCUT2D eigenvalue weighted by atomic mass is 10.00. The first-order valence-electron chi connectivity index (χ1n) is 7.39. The van der Waals surface area contributed by atoms with Crippen molar-refractivity contribution in [3.05, 3.63) is 29.3 Å². The highest BCUT2D eigenvalue weighted by molar-refractivity contribution is 5.91. The topological polar surface area (TPSA) is 55.1 Å². The molecule has 3 rings (SSSR count). The van der Waals surface area contributed by atoms with Crippen molar-refractivity contribution in [3.63, 3.8) is 0 Å². The normalized spacial score (nSPS) is 24.1. The van der Waals surface area contributed by atoms with Crippen LogP contribution in [-0.2, 0) is 17.6 Å². The molecule has 1 amide bonds. The third-order valence-corrected chi connectivity index (χ3v) is 4.55. The van der Waals surface area contributed by atoms with E-state index in [-0.39, 0.29) is 24.4 Å². The summed E-state index contributed by atoms with van der Waals surface area (Å²) in [7, 11) is 0. The largest absolute Gasteiger partial charge is 0.327 e. The van der Waals surface area contributed by atoms with Crippen LogP contribution in [0.3, 0.4) is 0 Å². The zero-order valence-corrected chi connectivity index (χ0v) is 12.5. The van der Waals surface area contributed by atoms with Gasteiger partial charge in [0.15, 0.2) is 0 Å². The molecular formula is C16H23ClN2O. The molecule has 20 heavy (non-hydrogen) atoms. The zero-order valence-electron chi connectivity index (χ0n) is 11.7. The molecular weight excluding hydrogens is 272 g/mol. The molecule has 0 bridgehead atoms. The number of nitrogens with one attached hydrogen (secondary N) is 1. The Balaban J connectivity index is 0.00000147. The molecule has 2 atom stereocenters. The molecule has 1 aromatic carbocycles. The van der Waals surface area contributed by atoms with E-state index in [9.17, 15) is 4.79 Å². The molecule has 2 aliphatic rings. The van der Waals surface area contributed by atoms with Crippen LogP contribution >= 0.6 is 12.4 Å². The predicted molar refractivity (Wildman–Crippen MR) is 84.3 cm³/mol. The Morgan fingerprint density at radius 3 is 2.75 bits per heavy atom. The van der Waals surface area contributed by atoms with Crippen LogP contribution < -0.4 is 11.1 Å². The van der Waals surface area contributed by atoms with Crippen LogP contribution in [0.25, 0.3) is 0 Å². The minimum Gasteiger partial charge on any atom is -0.327 e. The third-order valence-electron chi connectivity index (χ3n) is 4.55. The van der Waals surface area contributed by atoms with Crippen LogP contribution in [0.4, 0.5) is 5.69 Å². The molecule has 0 unspecified atom stereocenters. The number of fused-ring (bicyclic) bond motifs is 1. The third kappa shape index (κ3) is 3.33. The van der Waals surface area contributed by atoms with Gasteiger partial charge in [-0.2, -0.15) is 0 Å². The van der Waals surface area contributed by atoms with Gasteiger partial charge in [-0.3, -0.25) is 4.79 Å². The second-order valence-corrected chi connectivity index (χ2v) is 5.94. The number of carbonyl (C=O) groups excluding carboxylic acids is 1. The van der Waals surface area contributed by atoms with Crippen molar-refractivity contribution in [1.29, 1.82) is 0 Å². The quantitative estimate of drug-likeness (QED) is 0.900. The number of rotatable bonds is 3. The lowest BCUT2D eigenvalue weighted by Crippen LogP contribution is -2.28. The summed E-state index contributed by atoms with van der Waals surface area (Å²) in [6.45, 7) is 0. The molecule has 0 spiro atoms. The van der Waals surface area contributed by atoms with E-state index >= 15 is 0 Å². The van der Waals surface area contributed by atoms with Crippen molar-refractivity contribution in [2.45, 2.75) is 51.0 Å². The lowest BCUT2D eigenvalue weighted by Gasteiger charge is -2.15. The maximum absolute atomic E-state index is 12.0. The SMILES string of the molecule is Cl.N[C@@H]1CCC[C@H]1CC(=O)Nc1ccc2c(c1)CCC2. The molecule has 1 saturated carbocycles. The average molecular weight is 295 g/mol. The predicted octanol–water partition coefficient (Wildman–Crippen LogP) is 3.05. The first-order valence-corrected chi connectivity index (χ1v) is 7.39. The lowest BCUT2D eigenvalue weighted by molar-refractivity contribution is -0.117. The Morgan fingerprint density at radius 1 is 1.20 bits per heavy atom. The molecule has 2 aliphatic carbocycles. The molecule has 4 heteroatoms. The van der Waals surface area contributed by atoms with Gasteiger partial charge in [-0.05, 0) is 61.3 Å². The van der Waals surface area contributed by atoms with Crippen molar-refractivity contribution in [2.24, 2.45) is 11.7 Å². The Hall–Kier alpha value is -1.06. The van der Waals surface area contributed by atoms with Gasteiger partial charge < -0.3 is 11.1 Å². The van der Waals surface area contributed by atoms with Crippen LogP contribution in [-0.4, -0.2) is 11.9 Å². The summed E-state index contributed by atoms with van der Waals surface area (Å²) in [5, 5.41) is 3.02. The van der Waals surface area contributed by atoms with Gasteiger partial charge in [0.1, 0.15) is 0 Å². The highest BCUT2D eigenvalue weighted by Crippen LogP contribution is 2.28. The standard InChI is InChI=1S/C16H22N2O.ClH/c17-15-6-2-5-13(15)10-16(19)18-14-8-7-11-3-1-4-12(11)9-14;/h7-9,13,15H,1-6,10,17H2,(H,18,19);1H/t13-,15+;/m0./s1. The molecule has 0 heterocycles. The minimum atomic E-state index is 0. The van der Waals surface area contributed by atoms with Crippen LogP contribution in [0, 0.1) is 5.92 Å². The molecule has 0 radical (unpaired) electrons. The van der Waals surface area contributed by atoms with Crippen molar-refractivity contribution in [3.8, 4) is 0 Å². The first-order chi connectivity index (χ1) is 9.22. The summed E-state index contributed by atoms with van der Waals surface area (Å²) in [5.74, 6) is 0.481. The number of hydrogen-bond donors (Lipinski definition) is 2. The molecule has 3 nitrogen and oxygen atoms in total. The smallest absolute Gasteiger partial charge is 0.224 e. The summed E-state index contributed by atoms with van der Waals surface area (Å²) in [6, 6.07) is 6.52. The Morgan fingerprint density at radius 2 is 2.00 bits per heavy atom. The number of halogens is 1. The zero-order chi connectivity index (χ0) is 13.2. The molecule has 0 saturated heterocycles. The van der Waals surface area contributed by atoms with Gasteiger partial charge in [-0.15, -0.1) is 12.4 Å². The maximum Gasteiger partial charge on any atom is 0.224 e. The van der Waals surface area contributed by atoms with Gasteiger partial charge in [-0.1, -0.05) is 12.5 Å². The number of amides is 1. The summed E-state index contributed by atoms with van der Waals surface area (Å²) in [6.07, 6.45) is 7.46. The van der Waals surface area contributed by atoms with Crippen molar-refractivity contribution in [1.82, 2.24) is 0 Å². The van der Waals surface area contributed by atoms with E-state index in [0.717, 1.165) is 31.4 Å². The van der Waals surface area contributed by atoms with Crippen molar-refractivity contribution < 1.29 is 4.79 Å². The van der Waals surface area contributed by atoms with E-state index < -0.39 is 0 Å². The second kappa shape index (κ2) is 6.59. The fourth-order valence-corrected chi connectivity index (χ4v) is 3.42. The fraction of sp³-hybridized carbons (Fsp3) is 0.562. The van der Waals surface area contributed by atoms with Gasteiger partial charge in [0.05, 0.1) is 0 Å². The number of hydrogen-bond acceptors (Lipinski definition) is 2. The Bertz CT molecular complexity index is 489. The van der Waals surface area contributed by atoms with Crippen LogP contribution in [0.5, 0.6) is 0 Å². The van der Waals surface area contributed by atoms with E-state index in [1.807, 2.05) is 6.07 Å². The maximum atomic E-state index is 12.0. The van der Waals surface area contributed by atoms with Gasteiger partial charge in [-0.25, -0.2) is 0 Å². The summed E-state index contributed by atoms with van der Waals surface area (Å²) >= 11 is 0. The fourth-order valence-electron chi connectivity index (χ4n) is 3.42. The number of carbonyl (C=O) groups is 1. The summed E-state index contributed by atoms with van der Waals surface area (Å²) in [5.41, 5.74) is 9.80. The van der Waals surface area contributed by atoms with Crippen molar-refractivity contribution in [2.75, 3.05) is 5.32 Å². The number of nitrogens with two attached hydrogens (primary N) is 1. The van der Waals surface area contributed by atoms with E-state index in [1.54, 1.807) is 0 Å². The van der Waals surface area contributed by atoms with E-state index in [4.69, 9.17) is 5.73 Å². The summed E-state index contributed by atoms with van der Waals surface area (Å²) in [4.78, 5) is 12.0. The van der Waals surface area contributed by atoms with E-state index in [0.29, 0.717) is 12.3 Å². The van der Waals surface area contributed by atoms with Crippen LogP contribution in [0.15, 0.2) is 18.2 Å². The van der Waals surface area contributed by atoms with Crippen molar-refractivity contribution >= 4 is 24.0 Å². The van der Waals surface area contributed by atoms with Gasteiger partial charge in [0, 0.05) is 18.2 Å². The first kappa shape index (κ1) is 15.3. The Kier molecular flexibility index (Phi) is 5.06. The average Bonchev–Trinajstić information content (AvgIpc) is 2.98. The van der Waals surface area contributed by atoms with E-state index in [1.165, 1.54) is 24.0 Å². The van der Waals surface area contributed by atoms with E-state index in [2.05, 4.69) is 17.4 Å². The van der Waals surface area contributed by atoms with Gasteiger partial charge in [0.25, 0.3) is 0 Å². The monoisotopic (exact) mass is 294 g/mol. The minimum absolute atomic E-state index is 0. The summed E-state index contributed by atoms with van der Waals surface area (Å²) < 4.78 is 0. The second-order valence-electron chi connectivity index (χ2n) is 5.94. The van der Waals surface area contributed by atoms with Gasteiger partial charge >= 0.3 is 0 Å². The highest BCUT2D eigenvalue weighted by Gasteiger charge is 2.26. The molecule has 0 aliphatic heterocycles. The number of benzene rings is 1. The molecule has 3 N–H and O–H groups in total. The van der Waals surface area contributed by atoms with Crippen LogP contribution in [0.1, 0.15) is 43.2 Å². The number of aryl methyl sites for hydroxylation is 2. The number of anilines is 1. The molecule has 1 aromatic rings. The molecule has 1 fully saturated rings. The molecule has 110 valence electrons. The molecule has 0 aromatic heterocycles. The van der Waals surface area contributed by atoms with Gasteiger partial charge in [0.2, 0.25) is 5.91 Å².